The van der Waals surface area contributed by atoms with Gasteiger partial charge in [-0.05, 0) is 30.7 Å². The van der Waals surface area contributed by atoms with Crippen molar-refractivity contribution in [3.63, 3.8) is 0 Å². The van der Waals surface area contributed by atoms with E-state index < -0.39 is 0 Å². The summed E-state index contributed by atoms with van der Waals surface area (Å²) in [5, 5.41) is 3.26. The van der Waals surface area contributed by atoms with E-state index in [1.54, 1.807) is 7.11 Å². The first-order chi connectivity index (χ1) is 6.86. The summed E-state index contributed by atoms with van der Waals surface area (Å²) in [5.74, 6) is 0.918. The topological polar surface area (TPSA) is 47.3 Å². The average molecular weight is 194 g/mol. The van der Waals surface area contributed by atoms with Crippen LogP contribution in [0.25, 0.3) is 0 Å². The molecule has 0 saturated carbocycles. The summed E-state index contributed by atoms with van der Waals surface area (Å²) in [6, 6.07) is 8.13. The van der Waals surface area contributed by atoms with Gasteiger partial charge < -0.3 is 15.8 Å². The Morgan fingerprint density at radius 2 is 2.21 bits per heavy atom. The summed E-state index contributed by atoms with van der Waals surface area (Å²) < 4.78 is 5.14. The lowest BCUT2D eigenvalue weighted by Gasteiger charge is -2.05. The van der Waals surface area contributed by atoms with E-state index in [0.29, 0.717) is 6.54 Å². The summed E-state index contributed by atoms with van der Waals surface area (Å²) in [6.45, 7) is 2.53. The molecule has 0 spiro atoms. The molecule has 1 aromatic rings. The first-order valence-electron chi connectivity index (χ1n) is 4.90. The summed E-state index contributed by atoms with van der Waals surface area (Å²) in [4.78, 5) is 0. The molecule has 0 bridgehead atoms. The van der Waals surface area contributed by atoms with Gasteiger partial charge >= 0.3 is 0 Å². The molecule has 14 heavy (non-hydrogen) atoms. The number of nitrogens with two attached hydrogens (primary N) is 1. The molecule has 0 amide bonds. The Morgan fingerprint density at radius 3 is 2.93 bits per heavy atom. The highest BCUT2D eigenvalue weighted by Crippen LogP contribution is 2.12. The van der Waals surface area contributed by atoms with Gasteiger partial charge in [-0.25, -0.2) is 0 Å². The minimum absolute atomic E-state index is 0.693. The monoisotopic (exact) mass is 194 g/mol. The van der Waals surface area contributed by atoms with Crippen LogP contribution < -0.4 is 15.8 Å². The van der Waals surface area contributed by atoms with Gasteiger partial charge in [-0.15, -0.1) is 0 Å². The maximum Gasteiger partial charge on any atom is 0.119 e. The maximum absolute atomic E-state index is 5.37. The molecule has 0 aromatic heterocycles. The number of ether oxygens (including phenoxy) is 1. The Bertz CT molecular complexity index is 263. The fraction of sp³-hybridized carbons (Fsp3) is 0.455. The molecule has 3 N–H and O–H groups in total. The van der Waals surface area contributed by atoms with Gasteiger partial charge in [-0.3, -0.25) is 0 Å². The smallest absolute Gasteiger partial charge is 0.119 e. The van der Waals surface area contributed by atoms with E-state index in [2.05, 4.69) is 17.4 Å². The molecule has 0 saturated heterocycles. The molecular weight excluding hydrogens is 176 g/mol. The second kappa shape index (κ2) is 6.40. The van der Waals surface area contributed by atoms with Crippen LogP contribution in [0.1, 0.15) is 5.56 Å². The largest absolute Gasteiger partial charge is 0.497 e. The average Bonchev–Trinajstić information content (AvgIpc) is 2.25. The van der Waals surface area contributed by atoms with Gasteiger partial charge in [0.15, 0.2) is 0 Å². The van der Waals surface area contributed by atoms with Crippen LogP contribution in [0.3, 0.4) is 0 Å². The van der Waals surface area contributed by atoms with Gasteiger partial charge in [0.2, 0.25) is 0 Å². The molecule has 0 aliphatic rings. The van der Waals surface area contributed by atoms with Gasteiger partial charge in [0.25, 0.3) is 0 Å². The van der Waals surface area contributed by atoms with Crippen LogP contribution in [0.4, 0.5) is 0 Å². The Labute approximate surface area is 85.3 Å². The highest BCUT2D eigenvalue weighted by molar-refractivity contribution is 5.28. The van der Waals surface area contributed by atoms with Gasteiger partial charge in [0.1, 0.15) is 5.75 Å². The van der Waals surface area contributed by atoms with E-state index in [0.717, 1.165) is 25.3 Å². The van der Waals surface area contributed by atoms with Crippen LogP contribution in [0, 0.1) is 0 Å². The summed E-state index contributed by atoms with van der Waals surface area (Å²) in [6.07, 6.45) is 1.01. The Morgan fingerprint density at radius 1 is 1.36 bits per heavy atom. The third kappa shape index (κ3) is 3.77. The highest BCUT2D eigenvalue weighted by Gasteiger charge is 1.94. The van der Waals surface area contributed by atoms with Crippen molar-refractivity contribution in [3.8, 4) is 5.75 Å². The number of nitrogens with one attached hydrogen (secondary N) is 1. The normalized spacial score (nSPS) is 10.1. The lowest BCUT2D eigenvalue weighted by atomic mass is 10.1. The van der Waals surface area contributed by atoms with Crippen molar-refractivity contribution >= 4 is 0 Å². The van der Waals surface area contributed by atoms with Crippen molar-refractivity contribution in [1.29, 1.82) is 0 Å². The highest BCUT2D eigenvalue weighted by atomic mass is 16.5. The number of hydrogen-bond acceptors (Lipinski definition) is 3. The maximum atomic E-state index is 5.37. The molecule has 3 heteroatoms. The minimum Gasteiger partial charge on any atom is -0.497 e. The number of benzene rings is 1. The standard InChI is InChI=1S/C11H18N2O/c1-14-11-4-2-3-10(9-11)5-7-13-8-6-12/h2-4,9,13H,5-8,12H2,1H3. The molecule has 0 aliphatic heterocycles. The van der Waals surface area contributed by atoms with Gasteiger partial charge in [0, 0.05) is 13.1 Å². The molecule has 3 nitrogen and oxygen atoms in total. The van der Waals surface area contributed by atoms with Crippen molar-refractivity contribution in [3.05, 3.63) is 29.8 Å². The van der Waals surface area contributed by atoms with Crippen LogP contribution in [-0.4, -0.2) is 26.7 Å². The van der Waals surface area contributed by atoms with Crippen LogP contribution in [0.15, 0.2) is 24.3 Å². The van der Waals surface area contributed by atoms with Crippen LogP contribution >= 0.6 is 0 Å². The molecular formula is C11H18N2O. The molecule has 0 fully saturated rings. The third-order valence-corrected chi connectivity index (χ3v) is 2.05. The summed E-state index contributed by atoms with van der Waals surface area (Å²) in [5.41, 5.74) is 6.66. The third-order valence-electron chi connectivity index (χ3n) is 2.05. The lowest BCUT2D eigenvalue weighted by molar-refractivity contribution is 0.414. The van der Waals surface area contributed by atoms with E-state index in [4.69, 9.17) is 10.5 Å². The zero-order chi connectivity index (χ0) is 10.2. The van der Waals surface area contributed by atoms with Crippen LogP contribution in [-0.2, 0) is 6.42 Å². The predicted molar refractivity (Wildman–Crippen MR) is 58.6 cm³/mol. The first-order valence-corrected chi connectivity index (χ1v) is 4.90. The van der Waals surface area contributed by atoms with E-state index >= 15 is 0 Å². The van der Waals surface area contributed by atoms with E-state index in [-0.39, 0.29) is 0 Å². The summed E-state index contributed by atoms with van der Waals surface area (Å²) in [7, 11) is 1.69. The van der Waals surface area contributed by atoms with Crippen LogP contribution in [0.2, 0.25) is 0 Å². The van der Waals surface area contributed by atoms with E-state index in [9.17, 15) is 0 Å². The zero-order valence-electron chi connectivity index (χ0n) is 8.62. The Kier molecular flexibility index (Phi) is 5.04. The second-order valence-electron chi connectivity index (χ2n) is 3.14. The molecule has 0 heterocycles. The Balaban J connectivity index is 2.34. The molecule has 0 radical (unpaired) electrons. The van der Waals surface area contributed by atoms with Crippen molar-refractivity contribution in [2.75, 3.05) is 26.7 Å². The quantitative estimate of drug-likeness (QED) is 0.658. The molecule has 1 aromatic carbocycles. The van der Waals surface area contributed by atoms with Crippen molar-refractivity contribution < 1.29 is 4.74 Å². The molecule has 78 valence electrons. The molecule has 0 unspecified atom stereocenters. The molecule has 0 atom stereocenters. The van der Waals surface area contributed by atoms with Crippen molar-refractivity contribution in [2.45, 2.75) is 6.42 Å². The van der Waals surface area contributed by atoms with Crippen LogP contribution in [0.5, 0.6) is 5.75 Å². The first kappa shape index (κ1) is 11.0. The van der Waals surface area contributed by atoms with Gasteiger partial charge in [-0.1, -0.05) is 12.1 Å². The van der Waals surface area contributed by atoms with E-state index in [1.165, 1.54) is 5.56 Å². The molecule has 0 aliphatic carbocycles. The van der Waals surface area contributed by atoms with Gasteiger partial charge in [0.05, 0.1) is 7.11 Å². The number of methoxy groups -OCH3 is 1. The SMILES string of the molecule is COc1cccc(CCNCCN)c1. The second-order valence-corrected chi connectivity index (χ2v) is 3.14. The number of rotatable bonds is 6. The minimum atomic E-state index is 0.693. The lowest BCUT2D eigenvalue weighted by Crippen LogP contribution is -2.24. The fourth-order valence-electron chi connectivity index (χ4n) is 1.29. The van der Waals surface area contributed by atoms with E-state index in [1.807, 2.05) is 12.1 Å². The predicted octanol–water partition coefficient (Wildman–Crippen LogP) is 0.786. The zero-order valence-corrected chi connectivity index (χ0v) is 8.62. The Hall–Kier alpha value is -1.06. The fourth-order valence-corrected chi connectivity index (χ4v) is 1.29. The summed E-state index contributed by atoms with van der Waals surface area (Å²) >= 11 is 0. The van der Waals surface area contributed by atoms with Crippen molar-refractivity contribution in [2.24, 2.45) is 5.73 Å². The molecule has 1 rings (SSSR count). The van der Waals surface area contributed by atoms with Crippen molar-refractivity contribution in [1.82, 2.24) is 5.32 Å². The number of hydrogen-bond donors (Lipinski definition) is 2. The van der Waals surface area contributed by atoms with Gasteiger partial charge in [-0.2, -0.15) is 0 Å².